The molecule has 0 aliphatic carbocycles. The zero-order chi connectivity index (χ0) is 14.6. The maximum atomic E-state index is 10.2. The van der Waals surface area contributed by atoms with Crippen molar-refractivity contribution in [2.45, 2.75) is 45.1 Å². The van der Waals surface area contributed by atoms with Gasteiger partial charge >= 0.3 is 0 Å². The van der Waals surface area contributed by atoms with Gasteiger partial charge < -0.3 is 15.3 Å². The molecule has 112 valence electrons. The third-order valence-corrected chi connectivity index (χ3v) is 4.41. The summed E-state index contributed by atoms with van der Waals surface area (Å²) in [6, 6.07) is 0. The second kappa shape index (κ2) is 6.72. The van der Waals surface area contributed by atoms with Crippen LogP contribution in [0.4, 0.5) is 11.6 Å². The maximum absolute atomic E-state index is 10.2. The first-order chi connectivity index (χ1) is 9.53. The Balaban J connectivity index is 2.15. The highest BCUT2D eigenvalue weighted by molar-refractivity contribution is 9.10. The Bertz CT molecular complexity index is 453. The second-order valence-corrected chi connectivity index (χ2v) is 6.42. The molecule has 1 aromatic rings. The molecule has 1 atom stereocenters. The molecule has 2 N–H and O–H groups in total. The molecule has 1 aliphatic rings. The quantitative estimate of drug-likeness (QED) is 0.880. The van der Waals surface area contributed by atoms with Gasteiger partial charge in [-0.2, -0.15) is 0 Å². The fraction of sp³-hybridized carbons (Fsp3) is 0.714. The van der Waals surface area contributed by atoms with Crippen LogP contribution in [0.25, 0.3) is 0 Å². The maximum Gasteiger partial charge on any atom is 0.148 e. The minimum atomic E-state index is -0.558. The zero-order valence-electron chi connectivity index (χ0n) is 12.2. The van der Waals surface area contributed by atoms with Crippen LogP contribution in [-0.2, 0) is 0 Å². The van der Waals surface area contributed by atoms with Crippen LogP contribution in [-0.4, -0.2) is 40.3 Å². The molecule has 2 rings (SSSR count). The van der Waals surface area contributed by atoms with E-state index >= 15 is 0 Å². The lowest BCUT2D eigenvalue weighted by Gasteiger charge is -2.24. The van der Waals surface area contributed by atoms with Crippen LogP contribution in [0.5, 0.6) is 0 Å². The number of aromatic nitrogens is 2. The van der Waals surface area contributed by atoms with Gasteiger partial charge in [-0.3, -0.25) is 0 Å². The molecule has 0 bridgehead atoms. The van der Waals surface area contributed by atoms with Crippen LogP contribution in [0.15, 0.2) is 10.8 Å². The van der Waals surface area contributed by atoms with Gasteiger partial charge in [0.25, 0.3) is 0 Å². The Morgan fingerprint density at radius 3 is 2.95 bits per heavy atom. The lowest BCUT2D eigenvalue weighted by molar-refractivity contribution is 0.0481. The summed E-state index contributed by atoms with van der Waals surface area (Å²) >= 11 is 3.61. The van der Waals surface area contributed by atoms with Crippen molar-refractivity contribution in [1.29, 1.82) is 0 Å². The fourth-order valence-corrected chi connectivity index (χ4v) is 3.02. The number of nitrogens with one attached hydrogen (secondary N) is 1. The summed E-state index contributed by atoms with van der Waals surface area (Å²) in [5.41, 5.74) is -0.558. The van der Waals surface area contributed by atoms with Crippen molar-refractivity contribution in [1.82, 2.24) is 9.97 Å². The van der Waals surface area contributed by atoms with Crippen molar-refractivity contribution in [3.8, 4) is 0 Å². The van der Waals surface area contributed by atoms with E-state index in [1.807, 2.05) is 6.92 Å². The van der Waals surface area contributed by atoms with Crippen molar-refractivity contribution in [2.75, 3.05) is 29.9 Å². The molecular formula is C14H23BrN4O. The third kappa shape index (κ3) is 3.82. The summed E-state index contributed by atoms with van der Waals surface area (Å²) in [5, 5.41) is 13.5. The van der Waals surface area contributed by atoms with Gasteiger partial charge in [-0.15, -0.1) is 0 Å². The Hall–Kier alpha value is -0.880. The number of anilines is 2. The van der Waals surface area contributed by atoms with Gasteiger partial charge in [-0.05, 0) is 48.5 Å². The molecule has 1 aliphatic heterocycles. The van der Waals surface area contributed by atoms with Crippen molar-refractivity contribution >= 4 is 27.6 Å². The van der Waals surface area contributed by atoms with E-state index in [0.29, 0.717) is 0 Å². The van der Waals surface area contributed by atoms with E-state index in [4.69, 9.17) is 0 Å². The van der Waals surface area contributed by atoms with E-state index in [0.717, 1.165) is 61.4 Å². The number of halogens is 1. The molecule has 0 saturated carbocycles. The lowest BCUT2D eigenvalue weighted by atomic mass is 9.98. The van der Waals surface area contributed by atoms with Gasteiger partial charge in [-0.1, -0.05) is 6.92 Å². The molecule has 1 unspecified atom stereocenters. The molecule has 1 aromatic heterocycles. The summed E-state index contributed by atoms with van der Waals surface area (Å²) in [7, 11) is 0. The van der Waals surface area contributed by atoms with Gasteiger partial charge in [0.2, 0.25) is 0 Å². The van der Waals surface area contributed by atoms with Crippen LogP contribution in [0.2, 0.25) is 0 Å². The third-order valence-electron chi connectivity index (χ3n) is 3.68. The summed E-state index contributed by atoms with van der Waals surface area (Å²) in [5.74, 6) is 1.75. The summed E-state index contributed by atoms with van der Waals surface area (Å²) in [6.07, 6.45) is 5.23. The summed E-state index contributed by atoms with van der Waals surface area (Å²) in [4.78, 5) is 10.9. The predicted octanol–water partition coefficient (Wildman–Crippen LogP) is 2.80. The molecule has 0 radical (unpaired) electrons. The highest BCUT2D eigenvalue weighted by Crippen LogP contribution is 2.32. The predicted molar refractivity (Wildman–Crippen MR) is 85.2 cm³/mol. The van der Waals surface area contributed by atoms with E-state index in [-0.39, 0.29) is 0 Å². The summed E-state index contributed by atoms with van der Waals surface area (Å²) < 4.78 is 0.912. The summed E-state index contributed by atoms with van der Waals surface area (Å²) in [6.45, 7) is 6.66. The van der Waals surface area contributed by atoms with Crippen LogP contribution in [0.1, 0.15) is 39.5 Å². The number of rotatable bonds is 4. The topological polar surface area (TPSA) is 61.3 Å². The van der Waals surface area contributed by atoms with Crippen LogP contribution in [0.3, 0.4) is 0 Å². The SMILES string of the molecule is CCCNc1ncnc(N2CCCC(C)(O)CC2)c1Br. The first-order valence-electron chi connectivity index (χ1n) is 7.25. The Morgan fingerprint density at radius 2 is 2.20 bits per heavy atom. The zero-order valence-corrected chi connectivity index (χ0v) is 13.8. The van der Waals surface area contributed by atoms with E-state index in [9.17, 15) is 5.11 Å². The average molecular weight is 343 g/mol. The average Bonchev–Trinajstić information content (AvgIpc) is 2.59. The standard InChI is InChI=1S/C14H23BrN4O/c1-3-7-16-12-11(15)13(18-10-17-12)19-8-4-5-14(2,20)6-9-19/h10,20H,3-9H2,1-2H3,(H,16,17,18). The van der Waals surface area contributed by atoms with E-state index in [1.165, 1.54) is 0 Å². The van der Waals surface area contributed by atoms with Crippen LogP contribution < -0.4 is 10.2 Å². The minimum Gasteiger partial charge on any atom is -0.390 e. The molecule has 0 spiro atoms. The largest absolute Gasteiger partial charge is 0.390 e. The Kier molecular flexibility index (Phi) is 5.21. The minimum absolute atomic E-state index is 0.558. The van der Waals surface area contributed by atoms with Crippen molar-refractivity contribution in [3.05, 3.63) is 10.8 Å². The van der Waals surface area contributed by atoms with E-state index in [2.05, 4.69) is 43.0 Å². The Labute approximate surface area is 128 Å². The van der Waals surface area contributed by atoms with E-state index < -0.39 is 5.60 Å². The highest BCUT2D eigenvalue weighted by atomic mass is 79.9. The lowest BCUT2D eigenvalue weighted by Crippen LogP contribution is -2.29. The Morgan fingerprint density at radius 1 is 1.40 bits per heavy atom. The molecule has 1 fully saturated rings. The molecule has 0 aromatic carbocycles. The normalized spacial score (nSPS) is 23.5. The number of nitrogens with zero attached hydrogens (tertiary/aromatic N) is 3. The molecule has 2 heterocycles. The van der Waals surface area contributed by atoms with Gasteiger partial charge in [0.05, 0.1) is 5.60 Å². The second-order valence-electron chi connectivity index (χ2n) is 5.62. The van der Waals surface area contributed by atoms with Crippen molar-refractivity contribution in [3.63, 3.8) is 0 Å². The fourth-order valence-electron chi connectivity index (χ4n) is 2.42. The molecule has 0 amide bonds. The van der Waals surface area contributed by atoms with Crippen molar-refractivity contribution in [2.24, 2.45) is 0 Å². The number of aliphatic hydroxyl groups is 1. The molecule has 6 heteroatoms. The van der Waals surface area contributed by atoms with Gasteiger partial charge in [-0.25, -0.2) is 9.97 Å². The van der Waals surface area contributed by atoms with Gasteiger partial charge in [0.15, 0.2) is 0 Å². The molecule has 5 nitrogen and oxygen atoms in total. The van der Waals surface area contributed by atoms with Crippen molar-refractivity contribution < 1.29 is 5.11 Å². The monoisotopic (exact) mass is 342 g/mol. The van der Waals surface area contributed by atoms with Crippen LogP contribution >= 0.6 is 15.9 Å². The molecular weight excluding hydrogens is 320 g/mol. The number of hydrogen-bond acceptors (Lipinski definition) is 5. The highest BCUT2D eigenvalue weighted by Gasteiger charge is 2.26. The van der Waals surface area contributed by atoms with Crippen LogP contribution in [0, 0.1) is 0 Å². The molecule has 20 heavy (non-hydrogen) atoms. The van der Waals surface area contributed by atoms with E-state index in [1.54, 1.807) is 6.33 Å². The van der Waals surface area contributed by atoms with Gasteiger partial charge in [0, 0.05) is 19.6 Å². The first kappa shape index (κ1) is 15.5. The molecule has 1 saturated heterocycles. The van der Waals surface area contributed by atoms with Gasteiger partial charge in [0.1, 0.15) is 22.4 Å². The number of hydrogen-bond donors (Lipinski definition) is 2. The first-order valence-corrected chi connectivity index (χ1v) is 8.04. The smallest absolute Gasteiger partial charge is 0.148 e.